The van der Waals surface area contributed by atoms with E-state index >= 15 is 0 Å². The molecule has 294 valence electrons. The van der Waals surface area contributed by atoms with Gasteiger partial charge in [0.1, 0.15) is 23.7 Å². The molecule has 6 aromatic rings. The Kier molecular flexibility index (Phi) is 10.5. The van der Waals surface area contributed by atoms with Crippen LogP contribution in [0.4, 0.5) is 4.79 Å². The average molecular weight is 767 g/mol. The summed E-state index contributed by atoms with van der Waals surface area (Å²) in [6.07, 6.45) is 4.66. The first-order chi connectivity index (χ1) is 27.6. The topological polar surface area (TPSA) is 140 Å². The fraction of sp³-hybridized carbons (Fsp3) is 0.356. The molecule has 2 aliphatic heterocycles. The number of H-pyrrole nitrogens is 2. The number of fused-ring (bicyclic) bond motifs is 2. The monoisotopic (exact) mass is 766 g/mol. The molecule has 2 saturated heterocycles. The van der Waals surface area contributed by atoms with Crippen LogP contribution in [-0.4, -0.2) is 92.9 Å². The summed E-state index contributed by atoms with van der Waals surface area (Å²) in [6.45, 7) is 5.13. The molecule has 0 bridgehead atoms. The van der Waals surface area contributed by atoms with Crippen molar-refractivity contribution in [2.45, 2.75) is 63.7 Å². The molecule has 2 aromatic heterocycles. The maximum absolute atomic E-state index is 14.0. The Labute approximate surface area is 332 Å². The number of carbonyl (C=O) groups excluding carboxylic acids is 3. The van der Waals surface area contributed by atoms with E-state index in [9.17, 15) is 14.4 Å². The van der Waals surface area contributed by atoms with Crippen molar-refractivity contribution >= 4 is 39.7 Å². The highest BCUT2D eigenvalue weighted by Gasteiger charge is 2.38. The molecule has 4 atom stereocenters. The van der Waals surface area contributed by atoms with Crippen molar-refractivity contribution in [3.63, 3.8) is 0 Å². The first-order valence-corrected chi connectivity index (χ1v) is 19.9. The lowest BCUT2D eigenvalue weighted by molar-refractivity contribution is -0.137. The van der Waals surface area contributed by atoms with Crippen LogP contribution in [0.5, 0.6) is 0 Å². The van der Waals surface area contributed by atoms with Crippen LogP contribution in [0.2, 0.25) is 0 Å². The molecule has 4 heterocycles. The summed E-state index contributed by atoms with van der Waals surface area (Å²) in [4.78, 5) is 62.2. The number of aromatic amines is 2. The first-order valence-electron chi connectivity index (χ1n) is 19.9. The lowest BCUT2D eigenvalue weighted by atomic mass is 9.99. The number of imidazole rings is 2. The number of nitrogens with one attached hydrogen (secondary N) is 3. The molecular formula is C45H50N8O4. The third-order valence-corrected chi connectivity index (χ3v) is 11.5. The number of nitrogens with zero attached hydrogens (tertiary/aromatic N) is 5. The molecule has 12 heteroatoms. The summed E-state index contributed by atoms with van der Waals surface area (Å²) in [5.41, 5.74) is 6.87. The highest BCUT2D eigenvalue weighted by molar-refractivity contribution is 5.92. The van der Waals surface area contributed by atoms with Crippen LogP contribution in [-0.2, 0) is 14.3 Å². The number of likely N-dealkylation sites (N-methyl/N-ethyl adjacent to an activating group) is 1. The number of likely N-dealkylation sites (tertiary alicyclic amines) is 2. The Bertz CT molecular complexity index is 2420. The Hall–Kier alpha value is -6.01. The van der Waals surface area contributed by atoms with E-state index in [2.05, 4.69) is 69.9 Å². The van der Waals surface area contributed by atoms with E-state index in [1.165, 1.54) is 7.11 Å². The maximum atomic E-state index is 14.0. The van der Waals surface area contributed by atoms with Gasteiger partial charge in [0.2, 0.25) is 11.8 Å². The predicted molar refractivity (Wildman–Crippen MR) is 221 cm³/mol. The van der Waals surface area contributed by atoms with Gasteiger partial charge < -0.3 is 29.8 Å². The molecule has 0 saturated carbocycles. The zero-order chi connectivity index (χ0) is 39.8. The van der Waals surface area contributed by atoms with Crippen molar-refractivity contribution in [2.24, 2.45) is 5.92 Å². The fourth-order valence-corrected chi connectivity index (χ4v) is 8.57. The molecule has 57 heavy (non-hydrogen) atoms. The van der Waals surface area contributed by atoms with Gasteiger partial charge in [-0.1, -0.05) is 74.5 Å². The third-order valence-electron chi connectivity index (χ3n) is 11.5. The number of hydrogen-bond acceptors (Lipinski definition) is 7. The van der Waals surface area contributed by atoms with E-state index in [0.717, 1.165) is 87.1 Å². The normalized spacial score (nSPS) is 18.2. The molecular weight excluding hydrogens is 717 g/mol. The van der Waals surface area contributed by atoms with Gasteiger partial charge >= 0.3 is 6.09 Å². The van der Waals surface area contributed by atoms with Crippen molar-refractivity contribution < 1.29 is 19.1 Å². The largest absolute Gasteiger partial charge is 0.453 e. The van der Waals surface area contributed by atoms with Crippen LogP contribution >= 0.6 is 0 Å². The van der Waals surface area contributed by atoms with Gasteiger partial charge in [-0.05, 0) is 97.4 Å². The van der Waals surface area contributed by atoms with Gasteiger partial charge in [-0.2, -0.15) is 0 Å². The van der Waals surface area contributed by atoms with Gasteiger partial charge in [0.05, 0.1) is 42.1 Å². The molecule has 0 radical (unpaired) electrons. The lowest BCUT2D eigenvalue weighted by Crippen LogP contribution is -2.51. The van der Waals surface area contributed by atoms with E-state index in [-0.39, 0.29) is 35.9 Å². The van der Waals surface area contributed by atoms with Crippen LogP contribution in [0, 0.1) is 5.92 Å². The van der Waals surface area contributed by atoms with Gasteiger partial charge in [-0.3, -0.25) is 14.5 Å². The highest BCUT2D eigenvalue weighted by atomic mass is 16.5. The zero-order valence-corrected chi connectivity index (χ0v) is 33.2. The van der Waals surface area contributed by atoms with E-state index in [1.54, 1.807) is 0 Å². The second-order valence-corrected chi connectivity index (χ2v) is 15.8. The molecule has 2 fully saturated rings. The van der Waals surface area contributed by atoms with Crippen molar-refractivity contribution in [3.05, 3.63) is 108 Å². The zero-order valence-electron chi connectivity index (χ0n) is 33.2. The summed E-state index contributed by atoms with van der Waals surface area (Å²) in [5, 5.41) is 4.92. The average Bonchev–Trinajstić information content (AvgIpc) is 4.05. The number of hydrogen-bond donors (Lipinski definition) is 3. The molecule has 8 rings (SSSR count). The summed E-state index contributed by atoms with van der Waals surface area (Å²) in [6, 6.07) is 27.8. The van der Waals surface area contributed by atoms with Crippen molar-refractivity contribution in [1.29, 1.82) is 0 Å². The number of rotatable bonds is 10. The van der Waals surface area contributed by atoms with Crippen LogP contribution in [0.15, 0.2) is 91.1 Å². The molecule has 4 aromatic carbocycles. The number of ether oxygens (including phenoxy) is 1. The number of benzene rings is 4. The number of aromatic nitrogens is 4. The number of amides is 3. The van der Waals surface area contributed by atoms with E-state index in [0.29, 0.717) is 13.1 Å². The number of methoxy groups -OCH3 is 1. The Morgan fingerprint density at radius 3 is 2.11 bits per heavy atom. The Morgan fingerprint density at radius 1 is 0.789 bits per heavy atom. The third kappa shape index (κ3) is 7.49. The fourth-order valence-electron chi connectivity index (χ4n) is 8.57. The molecule has 2 aliphatic rings. The van der Waals surface area contributed by atoms with Gasteiger partial charge in [-0.25, -0.2) is 14.8 Å². The van der Waals surface area contributed by atoms with Crippen molar-refractivity contribution in [2.75, 3.05) is 34.3 Å². The van der Waals surface area contributed by atoms with Gasteiger partial charge in [0, 0.05) is 18.7 Å². The summed E-state index contributed by atoms with van der Waals surface area (Å²) < 4.78 is 4.78. The second-order valence-electron chi connectivity index (χ2n) is 15.8. The second kappa shape index (κ2) is 15.9. The summed E-state index contributed by atoms with van der Waals surface area (Å²) in [7, 11) is 5.21. The number of alkyl carbamates (subject to hydrolysis) is 1. The molecule has 12 nitrogen and oxygen atoms in total. The molecule has 0 aliphatic carbocycles. The minimum atomic E-state index is -0.682. The van der Waals surface area contributed by atoms with Crippen molar-refractivity contribution in [1.82, 2.24) is 40.0 Å². The van der Waals surface area contributed by atoms with Crippen LogP contribution < -0.4 is 5.32 Å². The Morgan fingerprint density at radius 2 is 1.42 bits per heavy atom. The van der Waals surface area contributed by atoms with Gasteiger partial charge in [0.15, 0.2) is 0 Å². The van der Waals surface area contributed by atoms with Gasteiger partial charge in [0.25, 0.3) is 0 Å². The summed E-state index contributed by atoms with van der Waals surface area (Å²) in [5.74, 6) is 1.43. The van der Waals surface area contributed by atoms with Crippen LogP contribution in [0.1, 0.15) is 74.9 Å². The Balaban J connectivity index is 0.989. The molecule has 3 amide bonds. The van der Waals surface area contributed by atoms with E-state index in [1.807, 2.05) is 79.2 Å². The highest BCUT2D eigenvalue weighted by Crippen LogP contribution is 2.37. The van der Waals surface area contributed by atoms with Crippen molar-refractivity contribution in [3.8, 4) is 22.4 Å². The quantitative estimate of drug-likeness (QED) is 0.129. The molecule has 0 spiro atoms. The maximum Gasteiger partial charge on any atom is 0.407 e. The summed E-state index contributed by atoms with van der Waals surface area (Å²) >= 11 is 0. The predicted octanol–water partition coefficient (Wildman–Crippen LogP) is 7.78. The van der Waals surface area contributed by atoms with Gasteiger partial charge in [-0.15, -0.1) is 0 Å². The van der Waals surface area contributed by atoms with Crippen LogP contribution in [0.3, 0.4) is 0 Å². The smallest absolute Gasteiger partial charge is 0.407 e. The van der Waals surface area contributed by atoms with Crippen LogP contribution in [0.25, 0.3) is 44.2 Å². The minimum Gasteiger partial charge on any atom is -0.453 e. The SMILES string of the molecule is COC(=O)NC(C(=O)N1CCCC1c1ncc(-c2ccc3cc(-c4ccc5nc(C6CCCN6C(=O)C(c6ccccc6)N(C)C)[nH]c5c4)ccc3c2)[nH]1)C(C)C. The minimum absolute atomic E-state index is 0.0979. The lowest BCUT2D eigenvalue weighted by Gasteiger charge is -2.31. The molecule has 4 unspecified atom stereocenters. The number of carbonyl (C=O) groups is 3. The molecule has 3 N–H and O–H groups in total. The standard InChI is InChI=1S/C45H50N8O4/c1-27(2)39(50-45(56)57-5)43(54)52-21-9-13-37(52)41-46-26-36(49-41)33-18-17-29-23-30(15-16-31(29)24-33)32-19-20-34-35(25-32)48-42(47-34)38-14-10-22-53(38)44(55)40(51(3)4)28-11-7-6-8-12-28/h6-8,11-12,15-20,23-27,37-40H,9-10,13-14,21-22H2,1-5H3,(H,46,49)(H,47,48)(H,50,56). The van der Waals surface area contributed by atoms with E-state index < -0.39 is 12.1 Å². The first kappa shape index (κ1) is 37.9. The van der Waals surface area contributed by atoms with E-state index in [4.69, 9.17) is 14.7 Å².